The first kappa shape index (κ1) is 12.3. The topological polar surface area (TPSA) is 29.0 Å². The number of anilines is 1. The molecule has 1 aliphatic rings. The highest BCUT2D eigenvalue weighted by atomic mass is 15.2. The molecule has 0 saturated carbocycles. The molecule has 0 unspecified atom stereocenters. The van der Waals surface area contributed by atoms with E-state index in [-0.39, 0.29) is 0 Å². The molecule has 0 saturated heterocycles. The summed E-state index contributed by atoms with van der Waals surface area (Å²) in [4.78, 5) is 11.2. The van der Waals surface area contributed by atoms with Crippen LogP contribution in [0.4, 0.5) is 5.82 Å². The molecule has 2 aromatic carbocycles. The molecule has 2 heterocycles. The van der Waals surface area contributed by atoms with Crippen molar-refractivity contribution in [1.82, 2.24) is 9.97 Å². The zero-order valence-electron chi connectivity index (χ0n) is 12.1. The maximum atomic E-state index is 4.49. The number of benzene rings is 2. The number of nitrogens with zero attached hydrogens (tertiary/aromatic N) is 3. The van der Waals surface area contributed by atoms with E-state index in [4.69, 9.17) is 0 Å². The molecule has 3 aromatic rings. The van der Waals surface area contributed by atoms with Crippen LogP contribution in [0.5, 0.6) is 0 Å². The van der Waals surface area contributed by atoms with E-state index in [0.717, 1.165) is 31.0 Å². The van der Waals surface area contributed by atoms with Crippen molar-refractivity contribution in [2.24, 2.45) is 0 Å². The molecule has 0 spiro atoms. The second kappa shape index (κ2) is 4.85. The Morgan fingerprint density at radius 1 is 1.05 bits per heavy atom. The summed E-state index contributed by atoms with van der Waals surface area (Å²) in [5.41, 5.74) is 3.77. The van der Waals surface area contributed by atoms with E-state index in [0.29, 0.717) is 0 Å². The lowest BCUT2D eigenvalue weighted by atomic mass is 10.0. The Bertz CT molecular complexity index is 805. The van der Waals surface area contributed by atoms with Crippen LogP contribution < -0.4 is 4.90 Å². The lowest BCUT2D eigenvalue weighted by Gasteiger charge is -2.19. The molecule has 0 radical (unpaired) electrons. The largest absolute Gasteiger partial charge is 0.352 e. The fourth-order valence-corrected chi connectivity index (χ4v) is 3.20. The predicted octanol–water partition coefficient (Wildman–Crippen LogP) is 3.50. The van der Waals surface area contributed by atoms with Gasteiger partial charge in [0.2, 0.25) is 0 Å². The van der Waals surface area contributed by atoms with Crippen LogP contribution in [0.25, 0.3) is 10.8 Å². The summed E-state index contributed by atoms with van der Waals surface area (Å²) in [6.45, 7) is 4.00. The van der Waals surface area contributed by atoms with E-state index >= 15 is 0 Å². The quantitative estimate of drug-likeness (QED) is 0.716. The van der Waals surface area contributed by atoms with Gasteiger partial charge in [-0.3, -0.25) is 0 Å². The zero-order chi connectivity index (χ0) is 14.2. The van der Waals surface area contributed by atoms with Gasteiger partial charge in [0, 0.05) is 24.3 Å². The second-order valence-corrected chi connectivity index (χ2v) is 5.57. The lowest BCUT2D eigenvalue weighted by molar-refractivity contribution is 0.829. The van der Waals surface area contributed by atoms with Crippen molar-refractivity contribution in [1.29, 1.82) is 0 Å². The van der Waals surface area contributed by atoms with Crippen LogP contribution in [0.15, 0.2) is 48.8 Å². The molecule has 0 fully saturated rings. The fraction of sp³-hybridized carbons (Fsp3) is 0.222. The summed E-state index contributed by atoms with van der Waals surface area (Å²) < 4.78 is 0. The Balaban J connectivity index is 1.73. The van der Waals surface area contributed by atoms with Gasteiger partial charge in [-0.1, -0.05) is 42.5 Å². The van der Waals surface area contributed by atoms with Crippen LogP contribution in [0.3, 0.4) is 0 Å². The second-order valence-electron chi connectivity index (χ2n) is 5.57. The third-order valence-corrected chi connectivity index (χ3v) is 4.31. The number of fused-ring (bicyclic) bond motifs is 2. The Labute approximate surface area is 124 Å². The maximum Gasteiger partial charge on any atom is 0.135 e. The van der Waals surface area contributed by atoms with Gasteiger partial charge >= 0.3 is 0 Å². The van der Waals surface area contributed by atoms with Crippen molar-refractivity contribution in [3.05, 3.63) is 65.6 Å². The number of aromatic nitrogens is 2. The van der Waals surface area contributed by atoms with E-state index in [9.17, 15) is 0 Å². The van der Waals surface area contributed by atoms with Gasteiger partial charge in [-0.05, 0) is 29.7 Å². The molecule has 1 aromatic heterocycles. The summed E-state index contributed by atoms with van der Waals surface area (Å²) in [5, 5.41) is 2.63. The first-order chi connectivity index (χ1) is 10.3. The molecule has 3 heteroatoms. The lowest BCUT2D eigenvalue weighted by Crippen LogP contribution is -2.20. The van der Waals surface area contributed by atoms with Gasteiger partial charge in [-0.15, -0.1) is 0 Å². The van der Waals surface area contributed by atoms with Crippen molar-refractivity contribution in [3.8, 4) is 0 Å². The first-order valence-electron chi connectivity index (χ1n) is 7.35. The maximum absolute atomic E-state index is 4.49. The zero-order valence-corrected chi connectivity index (χ0v) is 12.1. The molecule has 0 atom stereocenters. The summed E-state index contributed by atoms with van der Waals surface area (Å²) in [6, 6.07) is 15.1. The predicted molar refractivity (Wildman–Crippen MR) is 85.5 cm³/mol. The number of rotatable bonds is 2. The third kappa shape index (κ3) is 2.05. The van der Waals surface area contributed by atoms with Gasteiger partial charge in [0.05, 0.1) is 0 Å². The van der Waals surface area contributed by atoms with Crippen LogP contribution in [0, 0.1) is 6.92 Å². The molecule has 0 aliphatic carbocycles. The molecule has 1 aliphatic heterocycles. The van der Waals surface area contributed by atoms with Crippen molar-refractivity contribution < 1.29 is 0 Å². The Morgan fingerprint density at radius 2 is 1.90 bits per heavy atom. The minimum Gasteiger partial charge on any atom is -0.352 e. The molecular weight excluding hydrogens is 258 g/mol. The van der Waals surface area contributed by atoms with Crippen molar-refractivity contribution in [2.75, 3.05) is 11.4 Å². The standard InChI is InChI=1S/C18H17N3/c1-13-16-9-10-21(18(16)20-12-19-13)11-15-7-4-6-14-5-2-3-8-17(14)15/h2-8,12H,9-11H2,1H3. The highest BCUT2D eigenvalue weighted by Crippen LogP contribution is 2.29. The Kier molecular flexibility index (Phi) is 2.85. The monoisotopic (exact) mass is 275 g/mol. The summed E-state index contributed by atoms with van der Waals surface area (Å²) in [7, 11) is 0. The average molecular weight is 275 g/mol. The van der Waals surface area contributed by atoms with Crippen molar-refractivity contribution in [2.45, 2.75) is 19.9 Å². The summed E-state index contributed by atoms with van der Waals surface area (Å²) >= 11 is 0. The number of hydrogen-bond acceptors (Lipinski definition) is 3. The van der Waals surface area contributed by atoms with Gasteiger partial charge in [0.15, 0.2) is 0 Å². The van der Waals surface area contributed by atoms with Gasteiger partial charge in [-0.25, -0.2) is 9.97 Å². The third-order valence-electron chi connectivity index (χ3n) is 4.31. The van der Waals surface area contributed by atoms with Gasteiger partial charge in [0.25, 0.3) is 0 Å². The number of aryl methyl sites for hydroxylation is 1. The van der Waals surface area contributed by atoms with Crippen LogP contribution in [0.1, 0.15) is 16.8 Å². The van der Waals surface area contributed by atoms with Crippen LogP contribution >= 0.6 is 0 Å². The van der Waals surface area contributed by atoms with Gasteiger partial charge < -0.3 is 4.90 Å². The van der Waals surface area contributed by atoms with Crippen molar-refractivity contribution in [3.63, 3.8) is 0 Å². The molecular formula is C18H17N3. The van der Waals surface area contributed by atoms with Gasteiger partial charge in [-0.2, -0.15) is 0 Å². The van der Waals surface area contributed by atoms with E-state index < -0.39 is 0 Å². The molecule has 0 N–H and O–H groups in total. The normalized spacial score (nSPS) is 13.7. The van der Waals surface area contributed by atoms with Gasteiger partial charge in [0.1, 0.15) is 12.1 Å². The molecule has 4 rings (SSSR count). The highest BCUT2D eigenvalue weighted by Gasteiger charge is 2.22. The first-order valence-corrected chi connectivity index (χ1v) is 7.35. The molecule has 0 bridgehead atoms. The minimum atomic E-state index is 0.908. The highest BCUT2D eigenvalue weighted by molar-refractivity contribution is 5.85. The summed E-state index contributed by atoms with van der Waals surface area (Å²) in [5.74, 6) is 1.11. The SMILES string of the molecule is Cc1ncnc2c1CCN2Cc1cccc2ccccc12. The smallest absolute Gasteiger partial charge is 0.135 e. The fourth-order valence-electron chi connectivity index (χ4n) is 3.20. The molecule has 3 nitrogen and oxygen atoms in total. The van der Waals surface area contributed by atoms with E-state index in [1.807, 2.05) is 0 Å². The Morgan fingerprint density at radius 3 is 2.86 bits per heavy atom. The molecule has 104 valence electrons. The van der Waals surface area contributed by atoms with Crippen LogP contribution in [-0.4, -0.2) is 16.5 Å². The Hall–Kier alpha value is -2.42. The minimum absolute atomic E-state index is 0.908. The van der Waals surface area contributed by atoms with E-state index in [1.165, 1.54) is 21.9 Å². The molecule has 21 heavy (non-hydrogen) atoms. The van der Waals surface area contributed by atoms with Crippen LogP contribution in [0.2, 0.25) is 0 Å². The van der Waals surface area contributed by atoms with E-state index in [2.05, 4.69) is 64.3 Å². The number of hydrogen-bond donors (Lipinski definition) is 0. The average Bonchev–Trinajstić information content (AvgIpc) is 2.92. The van der Waals surface area contributed by atoms with E-state index in [1.54, 1.807) is 6.33 Å². The van der Waals surface area contributed by atoms with Crippen LogP contribution in [-0.2, 0) is 13.0 Å². The molecule has 0 amide bonds. The summed E-state index contributed by atoms with van der Waals surface area (Å²) in [6.07, 6.45) is 2.72. The van der Waals surface area contributed by atoms with Crippen molar-refractivity contribution >= 4 is 16.6 Å².